The molecule has 2 nitrogen and oxygen atoms in total. The minimum absolute atomic E-state index is 0.988. The zero-order chi connectivity index (χ0) is 12.5. The normalized spacial score (nSPS) is 11.3. The fourth-order valence-electron chi connectivity index (χ4n) is 1.86. The van der Waals surface area contributed by atoms with Crippen LogP contribution in [0.5, 0.6) is 0 Å². The summed E-state index contributed by atoms with van der Waals surface area (Å²) in [7, 11) is 0. The topological polar surface area (TPSA) is 15.3 Å². The van der Waals surface area contributed by atoms with Gasteiger partial charge in [0.25, 0.3) is 0 Å². The highest BCUT2D eigenvalue weighted by Gasteiger charge is 2.02. The monoisotopic (exact) mass is 318 g/mol. The van der Waals surface area contributed by atoms with E-state index in [4.69, 9.17) is 0 Å². The van der Waals surface area contributed by atoms with Gasteiger partial charge in [0, 0.05) is 34.4 Å². The average molecular weight is 319 g/mol. The van der Waals surface area contributed by atoms with Crippen molar-refractivity contribution in [1.29, 1.82) is 0 Å². The molecule has 1 rings (SSSR count). The molecule has 17 heavy (non-hydrogen) atoms. The van der Waals surface area contributed by atoms with Crippen molar-refractivity contribution in [3.63, 3.8) is 0 Å². The number of hydrogen-bond donors (Lipinski definition) is 1. The molecule has 1 aromatic rings. The van der Waals surface area contributed by atoms with E-state index in [-0.39, 0.29) is 0 Å². The lowest BCUT2D eigenvalue weighted by molar-refractivity contribution is 0.274. The number of thiophene rings is 1. The molecule has 0 saturated carbocycles. The smallest absolute Gasteiger partial charge is 0.0300 e. The first-order chi connectivity index (χ1) is 8.26. The summed E-state index contributed by atoms with van der Waals surface area (Å²) in [4.78, 5) is 3.94. The Morgan fingerprint density at radius 1 is 1.24 bits per heavy atom. The van der Waals surface area contributed by atoms with Gasteiger partial charge in [-0.2, -0.15) is 0 Å². The number of rotatable bonds is 9. The van der Waals surface area contributed by atoms with Crippen molar-refractivity contribution in [3.8, 4) is 0 Å². The number of hydrogen-bond acceptors (Lipinski definition) is 3. The minimum atomic E-state index is 0.988. The zero-order valence-corrected chi connectivity index (χ0v) is 13.2. The molecule has 0 fully saturated rings. The second-order valence-corrected chi connectivity index (χ2v) is 6.16. The lowest BCUT2D eigenvalue weighted by Gasteiger charge is -2.20. The first kappa shape index (κ1) is 15.2. The molecule has 0 bridgehead atoms. The Hall–Kier alpha value is 0.1000. The molecule has 0 amide bonds. The third kappa shape index (κ3) is 6.55. The molecular formula is C13H23BrN2S. The van der Waals surface area contributed by atoms with E-state index >= 15 is 0 Å². The third-order valence-electron chi connectivity index (χ3n) is 2.61. The Bertz CT molecular complexity index is 295. The largest absolute Gasteiger partial charge is 0.311 e. The van der Waals surface area contributed by atoms with Crippen LogP contribution in [-0.2, 0) is 6.54 Å². The lowest BCUT2D eigenvalue weighted by Crippen LogP contribution is -2.33. The molecule has 0 aromatic carbocycles. The molecule has 0 spiro atoms. The van der Waals surface area contributed by atoms with E-state index in [1.807, 2.05) is 0 Å². The van der Waals surface area contributed by atoms with Crippen LogP contribution in [0.2, 0.25) is 0 Å². The summed E-state index contributed by atoms with van der Waals surface area (Å²) in [5, 5.41) is 5.65. The molecule has 0 aliphatic carbocycles. The predicted molar refractivity (Wildman–Crippen MR) is 80.7 cm³/mol. The second kappa shape index (κ2) is 9.09. The molecule has 0 atom stereocenters. The molecule has 1 heterocycles. The maximum Gasteiger partial charge on any atom is 0.0300 e. The van der Waals surface area contributed by atoms with Crippen LogP contribution in [0, 0.1) is 0 Å². The zero-order valence-electron chi connectivity index (χ0n) is 10.8. The van der Waals surface area contributed by atoms with Crippen molar-refractivity contribution in [2.75, 3.05) is 26.2 Å². The highest BCUT2D eigenvalue weighted by atomic mass is 79.9. The Morgan fingerprint density at radius 3 is 2.47 bits per heavy atom. The molecule has 4 heteroatoms. The van der Waals surface area contributed by atoms with E-state index < -0.39 is 0 Å². The molecule has 1 N–H and O–H groups in total. The van der Waals surface area contributed by atoms with Gasteiger partial charge in [-0.15, -0.1) is 11.3 Å². The van der Waals surface area contributed by atoms with Gasteiger partial charge in [-0.1, -0.05) is 13.8 Å². The lowest BCUT2D eigenvalue weighted by atomic mass is 10.3. The van der Waals surface area contributed by atoms with E-state index in [2.05, 4.69) is 51.4 Å². The van der Waals surface area contributed by atoms with Crippen LogP contribution in [0.25, 0.3) is 0 Å². The fourth-order valence-corrected chi connectivity index (χ4v) is 3.28. The second-order valence-electron chi connectivity index (χ2n) is 4.25. The van der Waals surface area contributed by atoms with Crippen LogP contribution in [0.1, 0.15) is 31.6 Å². The van der Waals surface area contributed by atoms with Gasteiger partial charge < -0.3 is 10.2 Å². The van der Waals surface area contributed by atoms with Gasteiger partial charge in [0.2, 0.25) is 0 Å². The van der Waals surface area contributed by atoms with E-state index in [0.29, 0.717) is 0 Å². The van der Waals surface area contributed by atoms with Gasteiger partial charge >= 0.3 is 0 Å². The molecule has 0 saturated heterocycles. The predicted octanol–water partition coefficient (Wildman–Crippen LogP) is 3.72. The highest BCUT2D eigenvalue weighted by molar-refractivity contribution is 9.10. The summed E-state index contributed by atoms with van der Waals surface area (Å²) in [6.07, 6.45) is 2.50. The number of halogens is 1. The molecule has 1 aromatic heterocycles. The third-order valence-corrected chi connectivity index (χ3v) is 4.30. The summed E-state index contributed by atoms with van der Waals surface area (Å²) in [5.74, 6) is 0. The van der Waals surface area contributed by atoms with E-state index in [0.717, 1.165) is 19.6 Å². The first-order valence-corrected chi connectivity index (χ1v) is 8.09. The summed E-state index contributed by atoms with van der Waals surface area (Å²) in [6, 6.07) is 2.19. The summed E-state index contributed by atoms with van der Waals surface area (Å²) in [5.41, 5.74) is 0. The summed E-state index contributed by atoms with van der Waals surface area (Å²) >= 11 is 5.29. The van der Waals surface area contributed by atoms with Gasteiger partial charge in [0.1, 0.15) is 0 Å². The van der Waals surface area contributed by atoms with Crippen molar-refractivity contribution in [3.05, 3.63) is 20.8 Å². The first-order valence-electron chi connectivity index (χ1n) is 6.42. The van der Waals surface area contributed by atoms with Gasteiger partial charge in [-0.25, -0.2) is 0 Å². The molecule has 98 valence electrons. The maximum atomic E-state index is 3.51. The van der Waals surface area contributed by atoms with Gasteiger partial charge in [0.05, 0.1) is 0 Å². The molecule has 0 aliphatic rings. The van der Waals surface area contributed by atoms with Crippen LogP contribution in [0.15, 0.2) is 15.9 Å². The van der Waals surface area contributed by atoms with Crippen LogP contribution in [0.4, 0.5) is 0 Å². The SMILES string of the molecule is CCCN(CCC)CCNCc1cc(Br)cs1. The van der Waals surface area contributed by atoms with Crippen molar-refractivity contribution in [2.24, 2.45) is 0 Å². The average Bonchev–Trinajstić information content (AvgIpc) is 2.71. The van der Waals surface area contributed by atoms with Crippen molar-refractivity contribution < 1.29 is 0 Å². The summed E-state index contributed by atoms with van der Waals surface area (Å²) < 4.78 is 1.19. The van der Waals surface area contributed by atoms with Crippen LogP contribution in [0.3, 0.4) is 0 Å². The molecule has 0 unspecified atom stereocenters. The van der Waals surface area contributed by atoms with Crippen molar-refractivity contribution in [1.82, 2.24) is 10.2 Å². The van der Waals surface area contributed by atoms with Crippen LogP contribution >= 0.6 is 27.3 Å². The molecular weight excluding hydrogens is 296 g/mol. The standard InChI is InChI=1S/C13H23BrN2S/c1-3-6-16(7-4-2)8-5-15-10-13-9-12(14)11-17-13/h9,11,15H,3-8,10H2,1-2H3. The van der Waals surface area contributed by atoms with Crippen LogP contribution < -0.4 is 5.32 Å². The van der Waals surface area contributed by atoms with Gasteiger partial charge in [-0.3, -0.25) is 0 Å². The Kier molecular flexibility index (Phi) is 8.10. The quantitative estimate of drug-likeness (QED) is 0.698. The Balaban J connectivity index is 2.13. The Labute approximate surface area is 118 Å². The van der Waals surface area contributed by atoms with E-state index in [1.54, 1.807) is 11.3 Å². The van der Waals surface area contributed by atoms with Crippen molar-refractivity contribution in [2.45, 2.75) is 33.2 Å². The Morgan fingerprint density at radius 2 is 1.94 bits per heavy atom. The maximum absolute atomic E-state index is 3.51. The fraction of sp³-hybridized carbons (Fsp3) is 0.692. The number of nitrogens with one attached hydrogen (secondary N) is 1. The molecule has 0 aliphatic heterocycles. The summed E-state index contributed by atoms with van der Waals surface area (Å²) in [6.45, 7) is 10.2. The van der Waals surface area contributed by atoms with Crippen LogP contribution in [-0.4, -0.2) is 31.1 Å². The number of nitrogens with zero attached hydrogens (tertiary/aromatic N) is 1. The molecule has 0 radical (unpaired) electrons. The van der Waals surface area contributed by atoms with Gasteiger partial charge in [-0.05, 0) is 47.9 Å². The van der Waals surface area contributed by atoms with E-state index in [1.165, 1.54) is 35.3 Å². The minimum Gasteiger partial charge on any atom is -0.311 e. The van der Waals surface area contributed by atoms with Gasteiger partial charge in [0.15, 0.2) is 0 Å². The highest BCUT2D eigenvalue weighted by Crippen LogP contribution is 2.19. The van der Waals surface area contributed by atoms with Crippen molar-refractivity contribution >= 4 is 27.3 Å². The van der Waals surface area contributed by atoms with E-state index in [9.17, 15) is 0 Å².